The normalized spacial score (nSPS) is 17.8. The van der Waals surface area contributed by atoms with Crippen molar-refractivity contribution in [1.29, 1.82) is 0 Å². The standard InChI is InChI=1S/C11H11BrClN3O/c12-8-7-9(6-1-3-17-4-2-6)14-5-15-11(7)16-10(8)13/h5-6H,1-4H2,(H,14,15,16). The van der Waals surface area contributed by atoms with Gasteiger partial charge in [0, 0.05) is 19.1 Å². The second-order valence-corrected chi connectivity index (χ2v) is 5.29. The van der Waals surface area contributed by atoms with E-state index in [4.69, 9.17) is 16.3 Å². The van der Waals surface area contributed by atoms with Crippen LogP contribution in [0.5, 0.6) is 0 Å². The first-order valence-electron chi connectivity index (χ1n) is 5.52. The lowest BCUT2D eigenvalue weighted by atomic mass is 9.94. The van der Waals surface area contributed by atoms with Crippen LogP contribution in [0.4, 0.5) is 0 Å². The van der Waals surface area contributed by atoms with E-state index >= 15 is 0 Å². The summed E-state index contributed by atoms with van der Waals surface area (Å²) in [5.74, 6) is 0.428. The van der Waals surface area contributed by atoms with Crippen molar-refractivity contribution >= 4 is 38.6 Å². The molecule has 0 spiro atoms. The van der Waals surface area contributed by atoms with Crippen molar-refractivity contribution in [3.05, 3.63) is 21.6 Å². The van der Waals surface area contributed by atoms with E-state index in [1.54, 1.807) is 6.33 Å². The molecule has 1 aliphatic heterocycles. The number of nitrogens with zero attached hydrogens (tertiary/aromatic N) is 2. The van der Waals surface area contributed by atoms with Crippen LogP contribution in [0.3, 0.4) is 0 Å². The summed E-state index contributed by atoms with van der Waals surface area (Å²) in [4.78, 5) is 11.7. The Morgan fingerprint density at radius 2 is 2.12 bits per heavy atom. The van der Waals surface area contributed by atoms with Crippen molar-refractivity contribution in [2.75, 3.05) is 13.2 Å². The number of H-pyrrole nitrogens is 1. The van der Waals surface area contributed by atoms with Crippen molar-refractivity contribution in [2.24, 2.45) is 0 Å². The van der Waals surface area contributed by atoms with Gasteiger partial charge in [-0.2, -0.15) is 0 Å². The van der Waals surface area contributed by atoms with Crippen LogP contribution >= 0.6 is 27.5 Å². The molecule has 0 amide bonds. The molecule has 17 heavy (non-hydrogen) atoms. The van der Waals surface area contributed by atoms with Gasteiger partial charge in [0.1, 0.15) is 17.1 Å². The van der Waals surface area contributed by atoms with Crippen LogP contribution < -0.4 is 0 Å². The van der Waals surface area contributed by atoms with Gasteiger partial charge in [0.05, 0.1) is 15.6 Å². The highest BCUT2D eigenvalue weighted by molar-refractivity contribution is 9.10. The minimum Gasteiger partial charge on any atom is -0.381 e. The number of aromatic amines is 1. The number of hydrogen-bond donors (Lipinski definition) is 1. The van der Waals surface area contributed by atoms with Crippen molar-refractivity contribution in [3.63, 3.8) is 0 Å². The van der Waals surface area contributed by atoms with Crippen molar-refractivity contribution in [1.82, 2.24) is 15.0 Å². The van der Waals surface area contributed by atoms with Gasteiger partial charge in [-0.1, -0.05) is 11.6 Å². The molecule has 0 saturated carbocycles. The Balaban J connectivity index is 2.14. The van der Waals surface area contributed by atoms with Gasteiger partial charge in [0.2, 0.25) is 0 Å². The van der Waals surface area contributed by atoms with Crippen LogP contribution in [-0.4, -0.2) is 28.2 Å². The molecular weight excluding hydrogens is 305 g/mol. The molecule has 0 unspecified atom stereocenters. The molecule has 4 nitrogen and oxygen atoms in total. The molecule has 0 bridgehead atoms. The van der Waals surface area contributed by atoms with Gasteiger partial charge in [-0.3, -0.25) is 0 Å². The van der Waals surface area contributed by atoms with Gasteiger partial charge in [-0.15, -0.1) is 0 Å². The number of halogens is 2. The summed E-state index contributed by atoms with van der Waals surface area (Å²) in [5, 5.41) is 1.58. The fourth-order valence-electron chi connectivity index (χ4n) is 2.26. The van der Waals surface area contributed by atoms with Gasteiger partial charge < -0.3 is 9.72 Å². The van der Waals surface area contributed by atoms with Gasteiger partial charge in [0.15, 0.2) is 0 Å². The van der Waals surface area contributed by atoms with Gasteiger partial charge in [0.25, 0.3) is 0 Å². The van der Waals surface area contributed by atoms with Crippen LogP contribution in [-0.2, 0) is 4.74 Å². The van der Waals surface area contributed by atoms with Gasteiger partial charge >= 0.3 is 0 Å². The van der Waals surface area contributed by atoms with Crippen LogP contribution in [0.25, 0.3) is 11.0 Å². The van der Waals surface area contributed by atoms with Crippen LogP contribution in [0.15, 0.2) is 10.8 Å². The number of rotatable bonds is 1. The SMILES string of the molecule is Clc1[nH]c2ncnc(C3CCOCC3)c2c1Br. The Labute approximate surface area is 112 Å². The molecule has 1 saturated heterocycles. The summed E-state index contributed by atoms with van der Waals surface area (Å²) in [6.07, 6.45) is 3.59. The molecule has 0 aliphatic carbocycles. The minimum absolute atomic E-state index is 0.428. The highest BCUT2D eigenvalue weighted by Gasteiger charge is 2.22. The zero-order valence-electron chi connectivity index (χ0n) is 9.04. The average molecular weight is 317 g/mol. The molecule has 90 valence electrons. The van der Waals surface area contributed by atoms with E-state index in [0.29, 0.717) is 11.1 Å². The predicted molar refractivity (Wildman–Crippen MR) is 69.4 cm³/mol. The zero-order valence-corrected chi connectivity index (χ0v) is 11.4. The summed E-state index contributed by atoms with van der Waals surface area (Å²) in [6, 6.07) is 0. The summed E-state index contributed by atoms with van der Waals surface area (Å²) >= 11 is 9.56. The maximum Gasteiger partial charge on any atom is 0.143 e. The summed E-state index contributed by atoms with van der Waals surface area (Å²) in [6.45, 7) is 1.60. The number of fused-ring (bicyclic) bond motifs is 1. The Morgan fingerprint density at radius 3 is 2.88 bits per heavy atom. The van der Waals surface area contributed by atoms with E-state index in [1.807, 2.05) is 0 Å². The Bertz CT molecular complexity index is 551. The largest absolute Gasteiger partial charge is 0.381 e. The third kappa shape index (κ3) is 1.96. The highest BCUT2D eigenvalue weighted by atomic mass is 79.9. The molecule has 3 rings (SSSR count). The molecule has 6 heteroatoms. The first-order chi connectivity index (χ1) is 8.27. The van der Waals surface area contributed by atoms with Crippen molar-refractivity contribution in [2.45, 2.75) is 18.8 Å². The quantitative estimate of drug-likeness (QED) is 0.878. The maximum absolute atomic E-state index is 6.07. The lowest BCUT2D eigenvalue weighted by Crippen LogP contribution is -2.15. The Hall–Kier alpha value is -0.650. The second kappa shape index (κ2) is 4.55. The smallest absolute Gasteiger partial charge is 0.143 e. The van der Waals surface area contributed by atoms with Gasteiger partial charge in [-0.25, -0.2) is 9.97 Å². The highest BCUT2D eigenvalue weighted by Crippen LogP contribution is 2.37. The van der Waals surface area contributed by atoms with E-state index in [1.165, 1.54) is 0 Å². The number of hydrogen-bond acceptors (Lipinski definition) is 3. The van der Waals surface area contributed by atoms with Crippen LogP contribution in [0.1, 0.15) is 24.5 Å². The monoisotopic (exact) mass is 315 g/mol. The molecule has 1 aliphatic rings. The van der Waals surface area contributed by atoms with E-state index in [9.17, 15) is 0 Å². The molecule has 2 aromatic heterocycles. The van der Waals surface area contributed by atoms with E-state index in [0.717, 1.165) is 47.3 Å². The number of ether oxygens (including phenoxy) is 1. The Morgan fingerprint density at radius 1 is 1.35 bits per heavy atom. The van der Waals surface area contributed by atoms with Crippen LogP contribution in [0, 0.1) is 0 Å². The summed E-state index contributed by atoms with van der Waals surface area (Å²) in [5.41, 5.74) is 1.85. The average Bonchev–Trinajstić information content (AvgIpc) is 2.66. The molecular formula is C11H11BrClN3O. The second-order valence-electron chi connectivity index (χ2n) is 4.12. The molecule has 2 aromatic rings. The molecule has 1 fully saturated rings. The number of nitrogens with one attached hydrogen (secondary N) is 1. The topological polar surface area (TPSA) is 50.8 Å². The van der Waals surface area contributed by atoms with Crippen LogP contribution in [0.2, 0.25) is 5.15 Å². The Kier molecular flexibility index (Phi) is 3.06. The minimum atomic E-state index is 0.428. The van der Waals surface area contributed by atoms with Crippen molar-refractivity contribution in [3.8, 4) is 0 Å². The molecule has 0 atom stereocenters. The fourth-order valence-corrected chi connectivity index (χ4v) is 2.93. The third-order valence-electron chi connectivity index (χ3n) is 3.12. The number of aromatic nitrogens is 3. The van der Waals surface area contributed by atoms with E-state index < -0.39 is 0 Å². The summed E-state index contributed by atoms with van der Waals surface area (Å²) in [7, 11) is 0. The van der Waals surface area contributed by atoms with E-state index in [2.05, 4.69) is 30.9 Å². The van der Waals surface area contributed by atoms with Gasteiger partial charge in [-0.05, 0) is 28.8 Å². The van der Waals surface area contributed by atoms with Crippen molar-refractivity contribution < 1.29 is 4.74 Å². The third-order valence-corrected chi connectivity index (χ3v) is 4.43. The lowest BCUT2D eigenvalue weighted by Gasteiger charge is -2.21. The zero-order chi connectivity index (χ0) is 11.8. The first kappa shape index (κ1) is 11.4. The molecule has 0 radical (unpaired) electrons. The first-order valence-corrected chi connectivity index (χ1v) is 6.70. The molecule has 3 heterocycles. The van der Waals surface area contributed by atoms with E-state index in [-0.39, 0.29) is 0 Å². The fraction of sp³-hybridized carbons (Fsp3) is 0.455. The predicted octanol–water partition coefficient (Wildman–Crippen LogP) is 3.27. The summed E-state index contributed by atoms with van der Waals surface area (Å²) < 4.78 is 6.24. The molecule has 1 N–H and O–H groups in total. The lowest BCUT2D eigenvalue weighted by molar-refractivity contribution is 0.0848. The molecule has 0 aromatic carbocycles. The maximum atomic E-state index is 6.07.